The fraction of sp³-hybridized carbons (Fsp3) is 0.600. The van der Waals surface area contributed by atoms with Gasteiger partial charge in [-0.25, -0.2) is 4.79 Å². The van der Waals surface area contributed by atoms with Crippen molar-refractivity contribution in [1.82, 2.24) is 9.55 Å². The van der Waals surface area contributed by atoms with Crippen LogP contribution in [-0.4, -0.2) is 41.9 Å². The summed E-state index contributed by atoms with van der Waals surface area (Å²) in [4.78, 5) is 14.5. The molecule has 0 spiro atoms. The molecule has 2 N–H and O–H groups in total. The van der Waals surface area contributed by atoms with Crippen LogP contribution >= 0.6 is 12.2 Å². The summed E-state index contributed by atoms with van der Waals surface area (Å²) in [6.07, 6.45) is 2.56. The number of aryl methyl sites for hydroxylation is 1. The molecule has 0 amide bonds. The zero-order valence-electron chi connectivity index (χ0n) is 10.8. The van der Waals surface area contributed by atoms with E-state index in [1.165, 1.54) is 4.57 Å². The molecule has 0 bridgehead atoms. The zero-order valence-corrected chi connectivity index (χ0v) is 11.6. The molecular formula is C10H16B2N2O3S. The van der Waals surface area contributed by atoms with Crippen molar-refractivity contribution in [3.63, 3.8) is 0 Å². The van der Waals surface area contributed by atoms with Gasteiger partial charge in [0, 0.05) is 17.2 Å². The number of hydrogen-bond donors (Lipinski definition) is 2. The molecular weight excluding hydrogens is 250 g/mol. The van der Waals surface area contributed by atoms with E-state index in [0.29, 0.717) is 11.1 Å². The molecule has 96 valence electrons. The van der Waals surface area contributed by atoms with Gasteiger partial charge in [-0.3, -0.25) is 9.55 Å². The van der Waals surface area contributed by atoms with E-state index in [4.69, 9.17) is 17.0 Å². The van der Waals surface area contributed by atoms with E-state index in [1.807, 2.05) is 6.92 Å². The first-order chi connectivity index (χ1) is 8.29. The SMILES string of the molecule is BC(B)(O)C1CCC(n2cc(C)c(=S)[nH]c2=O)O1. The highest BCUT2D eigenvalue weighted by atomic mass is 32.1. The summed E-state index contributed by atoms with van der Waals surface area (Å²) in [6, 6.07) is 0. The van der Waals surface area contributed by atoms with E-state index < -0.39 is 5.40 Å². The maximum atomic E-state index is 11.8. The molecule has 1 aromatic rings. The highest BCUT2D eigenvalue weighted by Gasteiger charge is 2.36. The zero-order chi connectivity index (χ0) is 13.5. The number of aromatic amines is 1. The van der Waals surface area contributed by atoms with Crippen LogP contribution < -0.4 is 5.69 Å². The molecule has 2 atom stereocenters. The van der Waals surface area contributed by atoms with Crippen molar-refractivity contribution in [2.45, 2.75) is 37.5 Å². The van der Waals surface area contributed by atoms with Crippen LogP contribution in [0.2, 0.25) is 0 Å². The number of rotatable bonds is 2. The van der Waals surface area contributed by atoms with Gasteiger partial charge in [0.2, 0.25) is 0 Å². The summed E-state index contributed by atoms with van der Waals surface area (Å²) >= 11 is 5.01. The number of ether oxygens (including phenoxy) is 1. The molecule has 0 aliphatic carbocycles. The van der Waals surface area contributed by atoms with E-state index in [1.54, 1.807) is 21.9 Å². The van der Waals surface area contributed by atoms with Crippen LogP contribution in [0.3, 0.4) is 0 Å². The number of nitrogens with zero attached hydrogens (tertiary/aromatic N) is 1. The molecule has 2 heterocycles. The number of hydrogen-bond acceptors (Lipinski definition) is 4. The smallest absolute Gasteiger partial charge is 0.328 e. The lowest BCUT2D eigenvalue weighted by Crippen LogP contribution is -2.43. The molecule has 1 saturated heterocycles. The first kappa shape index (κ1) is 13.6. The molecule has 1 fully saturated rings. The van der Waals surface area contributed by atoms with Crippen LogP contribution in [0.25, 0.3) is 0 Å². The van der Waals surface area contributed by atoms with Gasteiger partial charge >= 0.3 is 5.69 Å². The maximum Gasteiger partial charge on any atom is 0.328 e. The summed E-state index contributed by atoms with van der Waals surface area (Å²) in [5, 5.41) is 9.02. The van der Waals surface area contributed by atoms with E-state index in [0.717, 1.165) is 12.0 Å². The van der Waals surface area contributed by atoms with Crippen LogP contribution in [-0.2, 0) is 4.74 Å². The molecule has 1 aromatic heterocycles. The fourth-order valence-corrected chi connectivity index (χ4v) is 2.28. The molecule has 2 rings (SSSR count). The van der Waals surface area contributed by atoms with Crippen molar-refractivity contribution in [1.29, 1.82) is 0 Å². The van der Waals surface area contributed by atoms with E-state index in [2.05, 4.69) is 4.98 Å². The predicted octanol–water partition coefficient (Wildman–Crippen LogP) is -1.20. The summed E-state index contributed by atoms with van der Waals surface area (Å²) < 4.78 is 7.71. The number of nitrogens with one attached hydrogen (secondary N) is 1. The Bertz CT molecular complexity index is 563. The van der Waals surface area contributed by atoms with E-state index in [-0.39, 0.29) is 18.0 Å². The minimum absolute atomic E-state index is 0.252. The monoisotopic (exact) mass is 266 g/mol. The van der Waals surface area contributed by atoms with Gasteiger partial charge in [0.25, 0.3) is 0 Å². The molecule has 0 saturated carbocycles. The Labute approximate surface area is 112 Å². The molecule has 2 unspecified atom stereocenters. The van der Waals surface area contributed by atoms with Gasteiger partial charge in [0.05, 0.1) is 6.10 Å². The summed E-state index contributed by atoms with van der Waals surface area (Å²) in [5.74, 6) is 0. The quantitative estimate of drug-likeness (QED) is 0.521. The van der Waals surface area contributed by atoms with Crippen LogP contribution in [0.4, 0.5) is 0 Å². The van der Waals surface area contributed by atoms with Crippen molar-refractivity contribution < 1.29 is 9.84 Å². The average molecular weight is 266 g/mol. The topological polar surface area (TPSA) is 67.2 Å². The number of aliphatic hydroxyl groups is 1. The largest absolute Gasteiger partial charge is 0.405 e. The van der Waals surface area contributed by atoms with Crippen LogP contribution in [0.15, 0.2) is 11.0 Å². The van der Waals surface area contributed by atoms with Gasteiger partial charge in [0.1, 0.15) is 26.6 Å². The minimum atomic E-state index is -0.894. The van der Waals surface area contributed by atoms with Gasteiger partial charge in [0.15, 0.2) is 0 Å². The van der Waals surface area contributed by atoms with E-state index >= 15 is 0 Å². The molecule has 1 aliphatic heterocycles. The second-order valence-electron chi connectivity index (χ2n) is 5.29. The Morgan fingerprint density at radius 2 is 2.28 bits per heavy atom. The fourth-order valence-electron chi connectivity index (χ4n) is 2.14. The normalized spacial score (nSPS) is 24.3. The summed E-state index contributed by atoms with van der Waals surface area (Å²) in [5.41, 5.74) is 0.562. The lowest BCUT2D eigenvalue weighted by atomic mass is 9.61. The van der Waals surface area contributed by atoms with Crippen molar-refractivity contribution in [2.24, 2.45) is 0 Å². The van der Waals surface area contributed by atoms with Crippen LogP contribution in [0, 0.1) is 11.6 Å². The van der Waals surface area contributed by atoms with Gasteiger partial charge in [-0.2, -0.15) is 0 Å². The third kappa shape index (κ3) is 2.60. The van der Waals surface area contributed by atoms with E-state index in [9.17, 15) is 9.90 Å². The first-order valence-corrected chi connectivity index (χ1v) is 6.40. The third-order valence-electron chi connectivity index (χ3n) is 3.24. The number of H-pyrrole nitrogens is 1. The highest BCUT2D eigenvalue weighted by molar-refractivity contribution is 7.71. The van der Waals surface area contributed by atoms with Gasteiger partial charge in [-0.1, -0.05) is 12.2 Å². The van der Waals surface area contributed by atoms with Gasteiger partial charge < -0.3 is 9.84 Å². The lowest BCUT2D eigenvalue weighted by Gasteiger charge is -2.26. The number of aromatic nitrogens is 2. The molecule has 0 radical (unpaired) electrons. The standard InChI is InChI=1S/C10H16B2N2O3S/c1-5-4-14(9(15)13-8(5)18)7-3-2-6(17-7)10(11,12)16/h4,6-7,16H,2-3,11-12H2,1H3,(H,13,15,18). The minimum Gasteiger partial charge on any atom is -0.405 e. The van der Waals surface area contributed by atoms with Crippen LogP contribution in [0.1, 0.15) is 24.6 Å². The third-order valence-corrected chi connectivity index (χ3v) is 3.67. The van der Waals surface area contributed by atoms with Crippen molar-refractivity contribution in [3.8, 4) is 0 Å². The Balaban J connectivity index is 2.28. The first-order valence-electron chi connectivity index (χ1n) is 5.99. The molecule has 18 heavy (non-hydrogen) atoms. The second kappa shape index (κ2) is 4.68. The van der Waals surface area contributed by atoms with Gasteiger partial charge in [-0.05, 0) is 19.8 Å². The Kier molecular flexibility index (Phi) is 3.53. The average Bonchev–Trinajstić information content (AvgIpc) is 2.72. The Morgan fingerprint density at radius 1 is 1.61 bits per heavy atom. The highest BCUT2D eigenvalue weighted by Crippen LogP contribution is 2.30. The molecule has 5 nitrogen and oxygen atoms in total. The van der Waals surface area contributed by atoms with Crippen molar-refractivity contribution >= 4 is 27.9 Å². The molecule has 8 heteroatoms. The van der Waals surface area contributed by atoms with Crippen LogP contribution in [0.5, 0.6) is 0 Å². The van der Waals surface area contributed by atoms with Crippen molar-refractivity contribution in [3.05, 3.63) is 26.9 Å². The lowest BCUT2D eigenvalue weighted by molar-refractivity contribution is -0.0503. The van der Waals surface area contributed by atoms with Crippen molar-refractivity contribution in [2.75, 3.05) is 0 Å². The summed E-state index contributed by atoms with van der Waals surface area (Å²) in [7, 11) is 3.43. The maximum absolute atomic E-state index is 11.8. The predicted molar refractivity (Wildman–Crippen MR) is 75.8 cm³/mol. The Hall–Kier alpha value is -0.850. The molecule has 1 aliphatic rings. The Morgan fingerprint density at radius 3 is 2.83 bits per heavy atom. The molecule has 0 aromatic carbocycles. The summed E-state index contributed by atoms with van der Waals surface area (Å²) in [6.45, 7) is 1.84. The second-order valence-corrected chi connectivity index (χ2v) is 5.70. The van der Waals surface area contributed by atoms with Gasteiger partial charge in [-0.15, -0.1) is 0 Å².